The molecule has 0 spiro atoms. The lowest BCUT2D eigenvalue weighted by Gasteiger charge is -2.20. The molecule has 0 radical (unpaired) electrons. The fraction of sp³-hybridized carbons (Fsp3) is 0.263. The van der Waals surface area contributed by atoms with Crippen molar-refractivity contribution in [3.63, 3.8) is 0 Å². The van der Waals surface area contributed by atoms with Gasteiger partial charge in [0.1, 0.15) is 45.9 Å². The number of carbonyl (C=O) groups excluding carboxylic acids is 2. The van der Waals surface area contributed by atoms with Gasteiger partial charge in [0.25, 0.3) is 11.8 Å². The van der Waals surface area contributed by atoms with Crippen LogP contribution in [0.1, 0.15) is 33.6 Å². The largest absolute Gasteiger partial charge is 0.507 e. The number of aromatic hydroxyl groups is 2. The number of halogens is 4. The lowest BCUT2D eigenvalue weighted by Crippen LogP contribution is -2.45. The van der Waals surface area contributed by atoms with Crippen LogP contribution in [0.25, 0.3) is 0 Å². The molecule has 1 fully saturated rings. The Morgan fingerprint density at radius 3 is 1.83 bits per heavy atom. The molecule has 154 valence electrons. The summed E-state index contributed by atoms with van der Waals surface area (Å²) >= 11 is 0. The minimum Gasteiger partial charge on any atom is -0.507 e. The van der Waals surface area contributed by atoms with Gasteiger partial charge in [-0.1, -0.05) is 0 Å². The lowest BCUT2D eigenvalue weighted by atomic mass is 10.1. The van der Waals surface area contributed by atoms with Crippen molar-refractivity contribution in [1.82, 2.24) is 10.6 Å². The first-order chi connectivity index (χ1) is 13.7. The Bertz CT molecular complexity index is 933. The van der Waals surface area contributed by atoms with Crippen LogP contribution in [0.3, 0.4) is 0 Å². The van der Waals surface area contributed by atoms with Gasteiger partial charge in [0.15, 0.2) is 0 Å². The highest BCUT2D eigenvalue weighted by atomic mass is 19.1. The van der Waals surface area contributed by atoms with E-state index >= 15 is 0 Å². The predicted molar refractivity (Wildman–Crippen MR) is 92.4 cm³/mol. The first kappa shape index (κ1) is 20.4. The van der Waals surface area contributed by atoms with Crippen LogP contribution in [0.5, 0.6) is 11.5 Å². The van der Waals surface area contributed by atoms with Gasteiger partial charge in [0.05, 0.1) is 0 Å². The van der Waals surface area contributed by atoms with E-state index in [4.69, 9.17) is 0 Å². The third-order valence-corrected chi connectivity index (χ3v) is 4.51. The maximum absolute atomic E-state index is 13.9. The molecule has 1 aliphatic carbocycles. The molecule has 6 nitrogen and oxygen atoms in total. The van der Waals surface area contributed by atoms with E-state index < -0.39 is 63.8 Å². The van der Waals surface area contributed by atoms with Gasteiger partial charge in [0, 0.05) is 36.9 Å². The van der Waals surface area contributed by atoms with Gasteiger partial charge in [-0.05, 0) is 18.8 Å². The van der Waals surface area contributed by atoms with Crippen LogP contribution in [0.15, 0.2) is 24.3 Å². The van der Waals surface area contributed by atoms with Crippen molar-refractivity contribution in [3.8, 4) is 11.5 Å². The first-order valence-electron chi connectivity index (χ1n) is 8.62. The summed E-state index contributed by atoms with van der Waals surface area (Å²) in [6.45, 7) is -0.199. The molecule has 10 heteroatoms. The molecular weight excluding hydrogens is 396 g/mol. The highest BCUT2D eigenvalue weighted by Gasteiger charge is 2.34. The van der Waals surface area contributed by atoms with Gasteiger partial charge < -0.3 is 20.8 Å². The van der Waals surface area contributed by atoms with Crippen LogP contribution in [0, 0.1) is 29.2 Å². The third kappa shape index (κ3) is 4.58. The van der Waals surface area contributed by atoms with E-state index in [9.17, 15) is 37.4 Å². The van der Waals surface area contributed by atoms with Crippen LogP contribution >= 0.6 is 0 Å². The fourth-order valence-corrected chi connectivity index (χ4v) is 2.94. The molecule has 2 aromatic rings. The van der Waals surface area contributed by atoms with Crippen molar-refractivity contribution in [1.29, 1.82) is 0 Å². The standard InChI is InChI=1S/C19H16F4N2O4/c20-9-3-11(22)16(14(26)5-9)18(28)24-7-13(8-1-2-8)25-19(29)17-12(23)4-10(21)6-15(17)27/h3-6,8,13,26-27H,1-2,7H2,(H,24,28)(H,25,29). The molecule has 3 rings (SSSR count). The molecular formula is C19H16F4N2O4. The van der Waals surface area contributed by atoms with Crippen molar-refractivity contribution < 1.29 is 37.4 Å². The predicted octanol–water partition coefficient (Wildman–Crippen LogP) is 2.59. The maximum Gasteiger partial charge on any atom is 0.258 e. The summed E-state index contributed by atoms with van der Waals surface area (Å²) < 4.78 is 53.8. The summed E-state index contributed by atoms with van der Waals surface area (Å²) in [5.74, 6) is -8.48. The van der Waals surface area contributed by atoms with Crippen molar-refractivity contribution in [2.75, 3.05) is 6.54 Å². The normalized spacial score (nSPS) is 14.3. The van der Waals surface area contributed by atoms with Crippen molar-refractivity contribution >= 4 is 11.8 Å². The van der Waals surface area contributed by atoms with E-state index in [1.165, 1.54) is 0 Å². The minimum absolute atomic E-state index is 0.0587. The Balaban J connectivity index is 1.71. The average molecular weight is 412 g/mol. The molecule has 2 aromatic carbocycles. The van der Waals surface area contributed by atoms with Gasteiger partial charge in [-0.15, -0.1) is 0 Å². The van der Waals surface area contributed by atoms with E-state index in [2.05, 4.69) is 10.6 Å². The van der Waals surface area contributed by atoms with E-state index in [1.54, 1.807) is 0 Å². The Morgan fingerprint density at radius 1 is 0.897 bits per heavy atom. The molecule has 1 aliphatic rings. The maximum atomic E-state index is 13.9. The zero-order valence-corrected chi connectivity index (χ0v) is 14.8. The number of phenols is 2. The third-order valence-electron chi connectivity index (χ3n) is 4.51. The number of hydrogen-bond acceptors (Lipinski definition) is 4. The number of rotatable bonds is 6. The SMILES string of the molecule is O=C(NCC(NC(=O)c1c(O)cc(F)cc1F)C1CC1)c1c(O)cc(F)cc1F. The number of benzene rings is 2. The second-order valence-electron chi connectivity index (χ2n) is 6.69. The van der Waals surface area contributed by atoms with Crippen molar-refractivity contribution in [2.24, 2.45) is 5.92 Å². The molecule has 2 amide bonds. The van der Waals surface area contributed by atoms with E-state index in [1.807, 2.05) is 0 Å². The van der Waals surface area contributed by atoms with Gasteiger partial charge in [0.2, 0.25) is 0 Å². The Labute approximate surface area is 162 Å². The Hall–Kier alpha value is -3.30. The highest BCUT2D eigenvalue weighted by molar-refractivity contribution is 5.98. The number of hydrogen-bond donors (Lipinski definition) is 4. The van der Waals surface area contributed by atoms with Crippen LogP contribution in [-0.4, -0.2) is 34.6 Å². The van der Waals surface area contributed by atoms with Crippen LogP contribution in [0.2, 0.25) is 0 Å². The number of amides is 2. The molecule has 0 aromatic heterocycles. The van der Waals surface area contributed by atoms with Crippen molar-refractivity contribution in [2.45, 2.75) is 18.9 Å². The fourth-order valence-electron chi connectivity index (χ4n) is 2.94. The topological polar surface area (TPSA) is 98.7 Å². The van der Waals surface area contributed by atoms with E-state index in [-0.39, 0.29) is 12.5 Å². The average Bonchev–Trinajstić information content (AvgIpc) is 3.41. The van der Waals surface area contributed by atoms with Crippen LogP contribution < -0.4 is 10.6 Å². The summed E-state index contributed by atoms with van der Waals surface area (Å²) in [5, 5.41) is 24.0. The molecule has 29 heavy (non-hydrogen) atoms. The molecule has 1 saturated carbocycles. The van der Waals surface area contributed by atoms with Gasteiger partial charge in [-0.25, -0.2) is 17.6 Å². The summed E-state index contributed by atoms with van der Waals surface area (Å²) in [4.78, 5) is 24.5. The van der Waals surface area contributed by atoms with E-state index in [0.717, 1.165) is 0 Å². The molecule has 0 bridgehead atoms. The molecule has 1 atom stereocenters. The zero-order valence-electron chi connectivity index (χ0n) is 14.8. The van der Waals surface area contributed by atoms with Crippen molar-refractivity contribution in [3.05, 3.63) is 58.7 Å². The number of carbonyl (C=O) groups is 2. The molecule has 0 heterocycles. The highest BCUT2D eigenvalue weighted by Crippen LogP contribution is 2.33. The Kier molecular flexibility index (Phi) is 5.62. The van der Waals surface area contributed by atoms with Gasteiger partial charge in [-0.2, -0.15) is 0 Å². The second-order valence-corrected chi connectivity index (χ2v) is 6.69. The molecule has 4 N–H and O–H groups in total. The van der Waals surface area contributed by atoms with Gasteiger partial charge >= 0.3 is 0 Å². The molecule has 0 saturated heterocycles. The Morgan fingerprint density at radius 2 is 1.38 bits per heavy atom. The quantitative estimate of drug-likeness (QED) is 0.548. The van der Waals surface area contributed by atoms with E-state index in [0.29, 0.717) is 37.1 Å². The van der Waals surface area contributed by atoms with Crippen LogP contribution in [-0.2, 0) is 0 Å². The zero-order chi connectivity index (χ0) is 21.3. The number of nitrogens with one attached hydrogen (secondary N) is 2. The summed E-state index contributed by atoms with van der Waals surface area (Å²) in [5.41, 5.74) is -1.50. The first-order valence-corrected chi connectivity index (χ1v) is 8.62. The van der Waals surface area contributed by atoms with Gasteiger partial charge in [-0.3, -0.25) is 9.59 Å². The smallest absolute Gasteiger partial charge is 0.258 e. The minimum atomic E-state index is -1.26. The molecule has 0 aliphatic heterocycles. The lowest BCUT2D eigenvalue weighted by molar-refractivity contribution is 0.0895. The molecule has 1 unspecified atom stereocenters. The monoisotopic (exact) mass is 412 g/mol. The summed E-state index contributed by atoms with van der Waals surface area (Å²) in [7, 11) is 0. The number of phenolic OH excluding ortho intramolecular Hbond substituents is 2. The summed E-state index contributed by atoms with van der Waals surface area (Å²) in [6, 6.07) is 1.36. The second kappa shape index (κ2) is 7.98. The van der Waals surface area contributed by atoms with Crippen LogP contribution in [0.4, 0.5) is 17.6 Å². The summed E-state index contributed by atoms with van der Waals surface area (Å²) in [6.07, 6.45) is 1.41.